The number of para-hydroxylation sites is 1. The molecule has 0 spiro atoms. The quantitative estimate of drug-likeness (QED) is 0.857. The van der Waals surface area contributed by atoms with Crippen molar-refractivity contribution in [2.24, 2.45) is 0 Å². The summed E-state index contributed by atoms with van der Waals surface area (Å²) in [4.78, 5) is 17.6. The van der Waals surface area contributed by atoms with Gasteiger partial charge in [-0.15, -0.1) is 0 Å². The number of H-pyrrole nitrogens is 1. The molecule has 2 N–H and O–H groups in total. The third-order valence-electron chi connectivity index (χ3n) is 3.93. The van der Waals surface area contributed by atoms with Gasteiger partial charge in [-0.05, 0) is 24.4 Å². The van der Waals surface area contributed by atoms with Crippen molar-refractivity contribution in [2.75, 3.05) is 26.2 Å². The molecule has 0 saturated carbocycles. The number of hydrogen-bond donors (Lipinski definition) is 2. The summed E-state index contributed by atoms with van der Waals surface area (Å²) < 4.78 is 0. The molecule has 0 bridgehead atoms. The van der Waals surface area contributed by atoms with Gasteiger partial charge in [-0.25, -0.2) is 0 Å². The first-order valence-corrected chi connectivity index (χ1v) is 6.82. The summed E-state index contributed by atoms with van der Waals surface area (Å²) in [5.74, 6) is 0. The molecule has 3 rings (SSSR count). The summed E-state index contributed by atoms with van der Waals surface area (Å²) in [5.41, 5.74) is 1.80. The maximum absolute atomic E-state index is 12.2. The number of aromatic amines is 1. The van der Waals surface area contributed by atoms with Gasteiger partial charge in [0, 0.05) is 43.3 Å². The van der Waals surface area contributed by atoms with Crippen LogP contribution in [0, 0.1) is 0 Å². The van der Waals surface area contributed by atoms with Gasteiger partial charge < -0.3 is 10.3 Å². The van der Waals surface area contributed by atoms with E-state index in [1.807, 2.05) is 30.3 Å². The number of nitrogens with one attached hydrogen (secondary N) is 2. The summed E-state index contributed by atoms with van der Waals surface area (Å²) in [5, 5.41) is 4.43. The number of aromatic nitrogens is 1. The van der Waals surface area contributed by atoms with Gasteiger partial charge in [0.05, 0.1) is 0 Å². The van der Waals surface area contributed by atoms with E-state index >= 15 is 0 Å². The predicted octanol–water partition coefficient (Wildman–Crippen LogP) is 1.49. The van der Waals surface area contributed by atoms with E-state index in [4.69, 9.17) is 0 Å². The second kappa shape index (κ2) is 5.15. The van der Waals surface area contributed by atoms with E-state index in [1.165, 1.54) is 0 Å². The number of nitrogens with zero attached hydrogens (tertiary/aromatic N) is 1. The number of rotatable bonds is 2. The molecule has 2 aromatic rings. The van der Waals surface area contributed by atoms with Crippen molar-refractivity contribution >= 4 is 10.9 Å². The van der Waals surface area contributed by atoms with Gasteiger partial charge in [-0.1, -0.05) is 18.2 Å². The van der Waals surface area contributed by atoms with E-state index in [-0.39, 0.29) is 11.6 Å². The molecule has 1 fully saturated rings. The van der Waals surface area contributed by atoms with Crippen LogP contribution in [0.15, 0.2) is 35.1 Å². The number of piperazine rings is 1. The third kappa shape index (κ3) is 2.41. The Balaban J connectivity index is 1.99. The van der Waals surface area contributed by atoms with Crippen LogP contribution in [0.25, 0.3) is 10.9 Å². The van der Waals surface area contributed by atoms with Crippen LogP contribution in [-0.2, 0) is 0 Å². The van der Waals surface area contributed by atoms with E-state index < -0.39 is 0 Å². The highest BCUT2D eigenvalue weighted by Gasteiger charge is 2.20. The SMILES string of the molecule is CC(c1cc2ccccc2[nH]c1=O)N1CCNCC1. The fourth-order valence-electron chi connectivity index (χ4n) is 2.74. The van der Waals surface area contributed by atoms with Gasteiger partial charge in [0.1, 0.15) is 0 Å². The minimum absolute atomic E-state index is 0.0322. The van der Waals surface area contributed by atoms with Crippen molar-refractivity contribution in [3.63, 3.8) is 0 Å². The zero-order valence-electron chi connectivity index (χ0n) is 11.1. The Hall–Kier alpha value is -1.65. The van der Waals surface area contributed by atoms with Gasteiger partial charge in [-0.3, -0.25) is 9.69 Å². The highest BCUT2D eigenvalue weighted by Crippen LogP contribution is 2.20. The molecule has 4 nitrogen and oxygen atoms in total. The lowest BCUT2D eigenvalue weighted by Crippen LogP contribution is -2.45. The summed E-state index contributed by atoms with van der Waals surface area (Å²) >= 11 is 0. The molecule has 1 aromatic carbocycles. The topological polar surface area (TPSA) is 48.1 Å². The van der Waals surface area contributed by atoms with Crippen LogP contribution >= 0.6 is 0 Å². The summed E-state index contributed by atoms with van der Waals surface area (Å²) in [6.07, 6.45) is 0. The van der Waals surface area contributed by atoms with Crippen LogP contribution < -0.4 is 10.9 Å². The number of pyridine rings is 1. The molecule has 2 heterocycles. The average molecular weight is 257 g/mol. The molecule has 1 aliphatic rings. The van der Waals surface area contributed by atoms with Gasteiger partial charge in [0.25, 0.3) is 5.56 Å². The molecule has 1 saturated heterocycles. The molecule has 1 aliphatic heterocycles. The fourth-order valence-corrected chi connectivity index (χ4v) is 2.74. The Labute approximate surface area is 112 Å². The summed E-state index contributed by atoms with van der Waals surface area (Å²) in [7, 11) is 0. The number of fused-ring (bicyclic) bond motifs is 1. The summed E-state index contributed by atoms with van der Waals surface area (Å²) in [6, 6.07) is 10.1. The van der Waals surface area contributed by atoms with Crippen molar-refractivity contribution in [3.8, 4) is 0 Å². The first-order chi connectivity index (χ1) is 9.25. The minimum atomic E-state index is 0.0322. The van der Waals surface area contributed by atoms with Crippen molar-refractivity contribution in [1.29, 1.82) is 0 Å². The molecule has 0 aliphatic carbocycles. The van der Waals surface area contributed by atoms with Crippen LogP contribution in [0.3, 0.4) is 0 Å². The first kappa shape index (κ1) is 12.4. The van der Waals surface area contributed by atoms with Gasteiger partial charge in [0.15, 0.2) is 0 Å². The van der Waals surface area contributed by atoms with Crippen LogP contribution in [0.5, 0.6) is 0 Å². The second-order valence-electron chi connectivity index (χ2n) is 5.10. The van der Waals surface area contributed by atoms with Gasteiger partial charge in [0.2, 0.25) is 0 Å². The standard InChI is InChI=1S/C15H19N3O/c1-11(18-8-6-16-7-9-18)13-10-12-4-2-3-5-14(12)17-15(13)19/h2-5,10-11,16H,6-9H2,1H3,(H,17,19). The molecule has 0 amide bonds. The normalized spacial score (nSPS) is 18.6. The maximum Gasteiger partial charge on any atom is 0.253 e. The van der Waals surface area contributed by atoms with E-state index in [2.05, 4.69) is 22.1 Å². The van der Waals surface area contributed by atoms with E-state index in [0.717, 1.165) is 42.6 Å². The molecule has 1 aromatic heterocycles. The number of hydrogen-bond acceptors (Lipinski definition) is 3. The molecule has 1 atom stereocenters. The Morgan fingerprint density at radius 3 is 2.74 bits per heavy atom. The Morgan fingerprint density at radius 1 is 1.21 bits per heavy atom. The van der Waals surface area contributed by atoms with E-state index in [1.54, 1.807) is 0 Å². The lowest BCUT2D eigenvalue weighted by molar-refractivity contribution is 0.184. The molecule has 0 radical (unpaired) electrons. The minimum Gasteiger partial charge on any atom is -0.322 e. The lowest BCUT2D eigenvalue weighted by Gasteiger charge is -2.32. The molecule has 100 valence electrons. The monoisotopic (exact) mass is 257 g/mol. The van der Waals surface area contributed by atoms with Gasteiger partial charge in [-0.2, -0.15) is 0 Å². The summed E-state index contributed by atoms with van der Waals surface area (Å²) in [6.45, 7) is 6.09. The molecule has 19 heavy (non-hydrogen) atoms. The fraction of sp³-hybridized carbons (Fsp3) is 0.400. The smallest absolute Gasteiger partial charge is 0.253 e. The van der Waals surface area contributed by atoms with Crippen molar-refractivity contribution in [1.82, 2.24) is 15.2 Å². The van der Waals surface area contributed by atoms with Crippen molar-refractivity contribution < 1.29 is 0 Å². The molecular weight excluding hydrogens is 238 g/mol. The highest BCUT2D eigenvalue weighted by atomic mass is 16.1. The van der Waals surface area contributed by atoms with Gasteiger partial charge >= 0.3 is 0 Å². The largest absolute Gasteiger partial charge is 0.322 e. The van der Waals surface area contributed by atoms with E-state index in [0.29, 0.717) is 0 Å². The van der Waals surface area contributed by atoms with Crippen LogP contribution in [0.1, 0.15) is 18.5 Å². The molecule has 1 unspecified atom stereocenters. The molecule has 4 heteroatoms. The Bertz CT molecular complexity index is 629. The predicted molar refractivity (Wildman–Crippen MR) is 77.4 cm³/mol. The number of benzene rings is 1. The van der Waals surface area contributed by atoms with Crippen molar-refractivity contribution in [2.45, 2.75) is 13.0 Å². The van der Waals surface area contributed by atoms with Crippen LogP contribution in [0.4, 0.5) is 0 Å². The first-order valence-electron chi connectivity index (χ1n) is 6.82. The Kier molecular flexibility index (Phi) is 3.36. The maximum atomic E-state index is 12.2. The second-order valence-corrected chi connectivity index (χ2v) is 5.10. The lowest BCUT2D eigenvalue weighted by atomic mass is 10.1. The zero-order chi connectivity index (χ0) is 13.2. The van der Waals surface area contributed by atoms with E-state index in [9.17, 15) is 4.79 Å². The van der Waals surface area contributed by atoms with Crippen molar-refractivity contribution in [3.05, 3.63) is 46.2 Å². The van der Waals surface area contributed by atoms with Crippen LogP contribution in [-0.4, -0.2) is 36.1 Å². The molecular formula is C15H19N3O. The Morgan fingerprint density at radius 2 is 1.95 bits per heavy atom. The van der Waals surface area contributed by atoms with Crippen LogP contribution in [0.2, 0.25) is 0 Å². The third-order valence-corrected chi connectivity index (χ3v) is 3.93. The zero-order valence-corrected chi connectivity index (χ0v) is 11.1. The highest BCUT2D eigenvalue weighted by molar-refractivity contribution is 5.78. The average Bonchev–Trinajstić information content (AvgIpc) is 2.47.